The Morgan fingerprint density at radius 1 is 1.11 bits per heavy atom. The predicted octanol–water partition coefficient (Wildman–Crippen LogP) is 4.04. The van der Waals surface area contributed by atoms with Gasteiger partial charge in [0.15, 0.2) is 0 Å². The van der Waals surface area contributed by atoms with E-state index in [1.54, 1.807) is 23.1 Å². The molecule has 0 spiro atoms. The first-order valence-corrected chi connectivity index (χ1v) is 9.42. The van der Waals surface area contributed by atoms with Gasteiger partial charge in [0.05, 0.1) is 0 Å². The third-order valence-electron chi connectivity index (χ3n) is 5.28. The number of ketones is 1. The van der Waals surface area contributed by atoms with Crippen molar-refractivity contribution >= 4 is 17.4 Å². The van der Waals surface area contributed by atoms with Crippen LogP contribution in [0.4, 0.5) is 4.39 Å². The molecular formula is C23H25FN2O2. The molecule has 1 aliphatic heterocycles. The van der Waals surface area contributed by atoms with Crippen LogP contribution in [0.3, 0.4) is 0 Å². The molecule has 0 N–H and O–H groups in total. The second kappa shape index (κ2) is 8.38. The summed E-state index contributed by atoms with van der Waals surface area (Å²) in [4.78, 5) is 27.5. The average molecular weight is 380 g/mol. The molecule has 0 atom stereocenters. The normalized spacial score (nSPS) is 14.1. The van der Waals surface area contributed by atoms with Gasteiger partial charge in [-0.3, -0.25) is 9.59 Å². The van der Waals surface area contributed by atoms with Gasteiger partial charge in [-0.25, -0.2) is 4.39 Å². The molecule has 0 aromatic heterocycles. The molecule has 28 heavy (non-hydrogen) atoms. The lowest BCUT2D eigenvalue weighted by atomic mass is 10.0. The molecule has 0 radical (unpaired) electrons. The van der Waals surface area contributed by atoms with Crippen LogP contribution in [0, 0.1) is 12.7 Å². The molecule has 3 rings (SSSR count). The van der Waals surface area contributed by atoms with Gasteiger partial charge in [0.1, 0.15) is 11.6 Å². The van der Waals surface area contributed by atoms with Crippen LogP contribution in [0.15, 0.2) is 49.0 Å². The van der Waals surface area contributed by atoms with Crippen molar-refractivity contribution in [3.63, 3.8) is 0 Å². The van der Waals surface area contributed by atoms with E-state index in [0.717, 1.165) is 16.8 Å². The summed E-state index contributed by atoms with van der Waals surface area (Å²) >= 11 is 0. The minimum absolute atomic E-state index is 0.0556. The summed E-state index contributed by atoms with van der Waals surface area (Å²) in [6, 6.07) is 12.3. The second-order valence-corrected chi connectivity index (χ2v) is 7.25. The molecule has 2 aromatic carbocycles. The molecular weight excluding hydrogens is 355 g/mol. The molecule has 1 fully saturated rings. The number of aryl methyl sites for hydroxylation is 1. The number of hydrogen-bond donors (Lipinski definition) is 0. The highest BCUT2D eigenvalue weighted by molar-refractivity contribution is 5.95. The molecule has 1 saturated heterocycles. The number of Topliss-reactive ketones (excluding diaryl/α,β-unsaturated/α-hetero) is 1. The van der Waals surface area contributed by atoms with E-state index in [1.165, 1.54) is 6.07 Å². The highest BCUT2D eigenvalue weighted by atomic mass is 19.1. The van der Waals surface area contributed by atoms with Crippen LogP contribution in [0.1, 0.15) is 39.9 Å². The van der Waals surface area contributed by atoms with Gasteiger partial charge in [0, 0.05) is 56.3 Å². The number of amides is 1. The lowest BCUT2D eigenvalue weighted by Gasteiger charge is -2.26. The molecule has 146 valence electrons. The highest BCUT2D eigenvalue weighted by Crippen LogP contribution is 2.22. The Bertz CT molecular complexity index is 875. The maximum atomic E-state index is 14.1. The van der Waals surface area contributed by atoms with E-state index in [0.29, 0.717) is 43.6 Å². The molecule has 1 aliphatic rings. The largest absolute Gasteiger partial charge is 0.370 e. The maximum absolute atomic E-state index is 14.1. The molecule has 5 heteroatoms. The Hall–Kier alpha value is -2.95. The van der Waals surface area contributed by atoms with E-state index in [9.17, 15) is 14.0 Å². The topological polar surface area (TPSA) is 40.6 Å². The minimum Gasteiger partial charge on any atom is -0.370 e. The van der Waals surface area contributed by atoms with Crippen molar-refractivity contribution in [1.29, 1.82) is 0 Å². The van der Waals surface area contributed by atoms with Gasteiger partial charge in [-0.15, -0.1) is 0 Å². The Morgan fingerprint density at radius 2 is 1.71 bits per heavy atom. The standard InChI is InChI=1S/C23H25FN2O2/c1-16-5-4-6-22(24)21(16)15-25(3)17(2)18-7-9-19(10-8-18)23(28)26-13-11-20(27)12-14-26/h4-10H,2,11-15H2,1,3H3. The molecule has 0 unspecified atom stereocenters. The first kappa shape index (κ1) is 19.8. The monoisotopic (exact) mass is 380 g/mol. The van der Waals surface area contributed by atoms with E-state index in [1.807, 2.05) is 37.1 Å². The van der Waals surface area contributed by atoms with Crippen LogP contribution in [0.2, 0.25) is 0 Å². The molecule has 1 heterocycles. The number of nitrogens with zero attached hydrogens (tertiary/aromatic N) is 2. The number of hydrogen-bond acceptors (Lipinski definition) is 3. The summed E-state index contributed by atoms with van der Waals surface area (Å²) in [5.41, 5.74) is 3.78. The summed E-state index contributed by atoms with van der Waals surface area (Å²) in [6.07, 6.45) is 0.863. The fraction of sp³-hybridized carbons (Fsp3) is 0.304. The van der Waals surface area contributed by atoms with Crippen LogP contribution in [0.25, 0.3) is 5.70 Å². The Labute approximate surface area is 165 Å². The zero-order valence-electron chi connectivity index (χ0n) is 16.4. The number of benzene rings is 2. The van der Waals surface area contributed by atoms with Crippen molar-refractivity contribution < 1.29 is 14.0 Å². The second-order valence-electron chi connectivity index (χ2n) is 7.25. The van der Waals surface area contributed by atoms with E-state index >= 15 is 0 Å². The lowest BCUT2D eigenvalue weighted by Crippen LogP contribution is -2.38. The van der Waals surface area contributed by atoms with Crippen molar-refractivity contribution in [3.8, 4) is 0 Å². The number of likely N-dealkylation sites (tertiary alicyclic amines) is 1. The van der Waals surface area contributed by atoms with Crippen LogP contribution >= 0.6 is 0 Å². The summed E-state index contributed by atoms with van der Waals surface area (Å²) in [5, 5.41) is 0. The fourth-order valence-corrected chi connectivity index (χ4v) is 3.37. The van der Waals surface area contributed by atoms with Crippen molar-refractivity contribution in [2.24, 2.45) is 0 Å². The number of halogens is 1. The Kier molecular flexibility index (Phi) is 5.93. The van der Waals surface area contributed by atoms with Crippen LogP contribution < -0.4 is 0 Å². The number of carbonyl (C=O) groups is 2. The Morgan fingerprint density at radius 3 is 2.32 bits per heavy atom. The lowest BCUT2D eigenvalue weighted by molar-refractivity contribution is -0.120. The summed E-state index contributed by atoms with van der Waals surface area (Å²) in [6.45, 7) is 7.40. The van der Waals surface area contributed by atoms with Crippen molar-refractivity contribution in [2.45, 2.75) is 26.3 Å². The summed E-state index contributed by atoms with van der Waals surface area (Å²) in [5.74, 6) is -0.0653. The van der Waals surface area contributed by atoms with Gasteiger partial charge in [0.2, 0.25) is 0 Å². The van der Waals surface area contributed by atoms with Gasteiger partial charge >= 0.3 is 0 Å². The van der Waals surface area contributed by atoms with E-state index in [-0.39, 0.29) is 17.5 Å². The Balaban J connectivity index is 1.68. The van der Waals surface area contributed by atoms with Crippen LogP contribution in [-0.4, -0.2) is 41.6 Å². The number of rotatable bonds is 5. The van der Waals surface area contributed by atoms with Gasteiger partial charge in [0.25, 0.3) is 5.91 Å². The third-order valence-corrected chi connectivity index (χ3v) is 5.28. The summed E-state index contributed by atoms with van der Waals surface area (Å²) < 4.78 is 14.1. The minimum atomic E-state index is -0.222. The van der Waals surface area contributed by atoms with E-state index in [4.69, 9.17) is 0 Å². The summed E-state index contributed by atoms with van der Waals surface area (Å²) in [7, 11) is 1.87. The van der Waals surface area contributed by atoms with Gasteiger partial charge in [-0.05, 0) is 36.2 Å². The van der Waals surface area contributed by atoms with E-state index in [2.05, 4.69) is 6.58 Å². The van der Waals surface area contributed by atoms with Gasteiger partial charge < -0.3 is 9.80 Å². The van der Waals surface area contributed by atoms with Crippen molar-refractivity contribution in [2.75, 3.05) is 20.1 Å². The van der Waals surface area contributed by atoms with Crippen molar-refractivity contribution in [3.05, 3.63) is 77.1 Å². The van der Waals surface area contributed by atoms with Gasteiger partial charge in [-0.2, -0.15) is 0 Å². The molecule has 4 nitrogen and oxygen atoms in total. The maximum Gasteiger partial charge on any atom is 0.253 e. The third kappa shape index (κ3) is 4.30. The number of carbonyl (C=O) groups excluding carboxylic acids is 2. The zero-order valence-corrected chi connectivity index (χ0v) is 16.4. The predicted molar refractivity (Wildman–Crippen MR) is 108 cm³/mol. The van der Waals surface area contributed by atoms with Crippen LogP contribution in [0.5, 0.6) is 0 Å². The molecule has 1 amide bonds. The fourth-order valence-electron chi connectivity index (χ4n) is 3.37. The number of piperidine rings is 1. The van der Waals surface area contributed by atoms with E-state index < -0.39 is 0 Å². The molecule has 0 bridgehead atoms. The SMILES string of the molecule is C=C(c1ccc(C(=O)N2CCC(=O)CC2)cc1)N(C)Cc1c(C)cccc1F. The first-order valence-electron chi connectivity index (χ1n) is 9.42. The zero-order chi connectivity index (χ0) is 20.3. The smallest absolute Gasteiger partial charge is 0.253 e. The van der Waals surface area contributed by atoms with Crippen molar-refractivity contribution in [1.82, 2.24) is 9.80 Å². The quantitative estimate of drug-likeness (QED) is 0.786. The van der Waals surface area contributed by atoms with Crippen LogP contribution in [-0.2, 0) is 11.3 Å². The molecule has 0 saturated carbocycles. The molecule has 0 aliphatic carbocycles. The highest BCUT2D eigenvalue weighted by Gasteiger charge is 2.22. The first-order chi connectivity index (χ1) is 13.4. The van der Waals surface area contributed by atoms with Gasteiger partial charge in [-0.1, -0.05) is 30.8 Å². The molecule has 2 aromatic rings. The average Bonchev–Trinajstić information content (AvgIpc) is 2.70.